The lowest BCUT2D eigenvalue weighted by molar-refractivity contribution is 0.0922. The highest BCUT2D eigenvalue weighted by Crippen LogP contribution is 2.18. The fourth-order valence-electron chi connectivity index (χ4n) is 2.37. The first-order valence-electron chi connectivity index (χ1n) is 7.51. The summed E-state index contributed by atoms with van der Waals surface area (Å²) in [5.74, 6) is -0.0806. The summed E-state index contributed by atoms with van der Waals surface area (Å²) in [6.07, 6.45) is 3.39. The third kappa shape index (κ3) is 4.34. The van der Waals surface area contributed by atoms with Crippen LogP contribution in [0.5, 0.6) is 0 Å². The van der Waals surface area contributed by atoms with E-state index in [0.29, 0.717) is 12.1 Å². The summed E-state index contributed by atoms with van der Waals surface area (Å²) in [4.78, 5) is 12.4. The van der Waals surface area contributed by atoms with Gasteiger partial charge in [0.05, 0.1) is 11.7 Å². The van der Waals surface area contributed by atoms with Gasteiger partial charge < -0.3 is 10.4 Å². The molecule has 0 radical (unpaired) electrons. The zero-order valence-corrected chi connectivity index (χ0v) is 13.0. The van der Waals surface area contributed by atoms with Crippen LogP contribution < -0.4 is 5.32 Å². The molecule has 1 atom stereocenters. The van der Waals surface area contributed by atoms with Crippen molar-refractivity contribution in [3.8, 4) is 0 Å². The number of nitrogens with zero attached hydrogens (tertiary/aromatic N) is 2. The second-order valence-electron chi connectivity index (χ2n) is 5.33. The molecule has 1 rings (SSSR count). The lowest BCUT2D eigenvalue weighted by atomic mass is 10.1. The smallest absolute Gasteiger partial charge is 0.269 e. The van der Waals surface area contributed by atoms with E-state index in [1.807, 2.05) is 24.6 Å². The fraction of sp³-hybridized carbons (Fsp3) is 0.733. The Morgan fingerprint density at radius 1 is 1.45 bits per heavy atom. The first-order valence-corrected chi connectivity index (χ1v) is 7.51. The van der Waals surface area contributed by atoms with E-state index in [4.69, 9.17) is 5.11 Å². The molecule has 20 heavy (non-hydrogen) atoms. The summed E-state index contributed by atoms with van der Waals surface area (Å²) in [5.41, 5.74) is 1.50. The molecule has 5 nitrogen and oxygen atoms in total. The summed E-state index contributed by atoms with van der Waals surface area (Å²) in [6, 6.07) is 2.16. The van der Waals surface area contributed by atoms with Crippen molar-refractivity contribution in [2.75, 3.05) is 6.61 Å². The lowest BCUT2D eigenvalue weighted by Crippen LogP contribution is -2.34. The summed E-state index contributed by atoms with van der Waals surface area (Å²) in [6.45, 7) is 8.24. The van der Waals surface area contributed by atoms with Gasteiger partial charge in [-0.1, -0.05) is 13.8 Å². The maximum absolute atomic E-state index is 12.4. The van der Waals surface area contributed by atoms with Crippen LogP contribution in [0.4, 0.5) is 0 Å². The Morgan fingerprint density at radius 2 is 2.10 bits per heavy atom. The molecule has 0 aliphatic heterocycles. The quantitative estimate of drug-likeness (QED) is 0.769. The fourth-order valence-corrected chi connectivity index (χ4v) is 2.37. The van der Waals surface area contributed by atoms with Crippen molar-refractivity contribution in [1.29, 1.82) is 0 Å². The van der Waals surface area contributed by atoms with E-state index in [0.717, 1.165) is 25.0 Å². The van der Waals surface area contributed by atoms with Crippen LogP contribution in [0, 0.1) is 6.92 Å². The normalized spacial score (nSPS) is 12.7. The van der Waals surface area contributed by atoms with Crippen molar-refractivity contribution in [3.63, 3.8) is 0 Å². The van der Waals surface area contributed by atoms with Gasteiger partial charge in [-0.3, -0.25) is 9.48 Å². The Labute approximate surface area is 121 Å². The van der Waals surface area contributed by atoms with Crippen molar-refractivity contribution in [3.05, 3.63) is 17.5 Å². The minimum Gasteiger partial charge on any atom is -0.396 e. The highest BCUT2D eigenvalue weighted by molar-refractivity contribution is 5.92. The van der Waals surface area contributed by atoms with Crippen LogP contribution in [0.2, 0.25) is 0 Å². The van der Waals surface area contributed by atoms with Crippen LogP contribution in [0.1, 0.15) is 68.7 Å². The first kappa shape index (κ1) is 16.7. The van der Waals surface area contributed by atoms with Gasteiger partial charge in [0.2, 0.25) is 0 Å². The third-order valence-corrected chi connectivity index (χ3v) is 3.55. The van der Waals surface area contributed by atoms with E-state index in [1.54, 1.807) is 0 Å². The van der Waals surface area contributed by atoms with Gasteiger partial charge in [0.1, 0.15) is 5.69 Å². The number of hydrogen-bond donors (Lipinski definition) is 2. The Balaban J connectivity index is 2.82. The highest BCUT2D eigenvalue weighted by Gasteiger charge is 2.19. The summed E-state index contributed by atoms with van der Waals surface area (Å²) < 4.78 is 1.85. The monoisotopic (exact) mass is 281 g/mol. The van der Waals surface area contributed by atoms with Gasteiger partial charge in [-0.25, -0.2) is 0 Å². The van der Waals surface area contributed by atoms with Crippen LogP contribution in [0.15, 0.2) is 6.07 Å². The molecule has 1 unspecified atom stereocenters. The Bertz CT molecular complexity index is 425. The van der Waals surface area contributed by atoms with E-state index in [-0.39, 0.29) is 24.6 Å². The number of aliphatic hydroxyl groups excluding tert-OH is 1. The molecule has 0 saturated heterocycles. The number of hydrogen-bond acceptors (Lipinski definition) is 3. The number of nitrogens with one attached hydrogen (secondary N) is 1. The van der Waals surface area contributed by atoms with Crippen LogP contribution in [-0.4, -0.2) is 33.4 Å². The number of aliphatic hydroxyl groups is 1. The van der Waals surface area contributed by atoms with Crippen molar-refractivity contribution in [2.45, 2.75) is 65.5 Å². The molecule has 0 fully saturated rings. The van der Waals surface area contributed by atoms with Crippen molar-refractivity contribution in [2.24, 2.45) is 0 Å². The van der Waals surface area contributed by atoms with Gasteiger partial charge in [-0.15, -0.1) is 0 Å². The Morgan fingerprint density at radius 3 is 2.65 bits per heavy atom. The molecule has 0 spiro atoms. The molecule has 5 heteroatoms. The number of aromatic nitrogens is 2. The molecule has 1 amide bonds. The number of carbonyl (C=O) groups is 1. The van der Waals surface area contributed by atoms with Crippen molar-refractivity contribution >= 4 is 5.91 Å². The second-order valence-corrected chi connectivity index (χ2v) is 5.33. The largest absolute Gasteiger partial charge is 0.396 e. The minimum absolute atomic E-state index is 0.0556. The number of carbonyl (C=O) groups excluding carboxylic acids is 1. The summed E-state index contributed by atoms with van der Waals surface area (Å²) in [7, 11) is 0. The van der Waals surface area contributed by atoms with E-state index in [1.165, 1.54) is 0 Å². The zero-order chi connectivity index (χ0) is 15.1. The summed E-state index contributed by atoms with van der Waals surface area (Å²) >= 11 is 0. The molecule has 0 aliphatic carbocycles. The molecular formula is C15H27N3O2. The minimum atomic E-state index is -0.0806. The average molecular weight is 281 g/mol. The molecule has 0 bridgehead atoms. The zero-order valence-electron chi connectivity index (χ0n) is 13.0. The number of aryl methyl sites for hydroxylation is 1. The van der Waals surface area contributed by atoms with Crippen molar-refractivity contribution < 1.29 is 9.90 Å². The molecule has 1 heterocycles. The molecule has 0 aromatic carbocycles. The standard InChI is InChI=1S/C15H27N3O2/c1-5-13(6-2)18-14(10-12(4)17-18)15(20)16-11(3)8-7-9-19/h10-11,13,19H,5-9H2,1-4H3,(H,16,20). The maximum Gasteiger partial charge on any atom is 0.269 e. The molecule has 0 saturated carbocycles. The van der Waals surface area contributed by atoms with E-state index >= 15 is 0 Å². The van der Waals surface area contributed by atoms with E-state index in [2.05, 4.69) is 24.3 Å². The average Bonchev–Trinajstić information content (AvgIpc) is 2.80. The van der Waals surface area contributed by atoms with Crippen LogP contribution in [-0.2, 0) is 0 Å². The second kappa shape index (κ2) is 8.04. The summed E-state index contributed by atoms with van der Waals surface area (Å²) in [5, 5.41) is 16.3. The van der Waals surface area contributed by atoms with Crippen LogP contribution in [0.25, 0.3) is 0 Å². The molecular weight excluding hydrogens is 254 g/mol. The molecule has 0 aliphatic rings. The topological polar surface area (TPSA) is 67.2 Å². The van der Waals surface area contributed by atoms with Gasteiger partial charge in [0.25, 0.3) is 5.91 Å². The van der Waals surface area contributed by atoms with Gasteiger partial charge >= 0.3 is 0 Å². The van der Waals surface area contributed by atoms with Gasteiger partial charge in [-0.05, 0) is 45.6 Å². The molecule has 1 aromatic heterocycles. The van der Waals surface area contributed by atoms with E-state index in [9.17, 15) is 4.79 Å². The Kier molecular flexibility index (Phi) is 6.71. The number of rotatable bonds is 8. The third-order valence-electron chi connectivity index (χ3n) is 3.55. The Hall–Kier alpha value is -1.36. The first-order chi connectivity index (χ1) is 9.53. The van der Waals surface area contributed by atoms with E-state index < -0.39 is 0 Å². The SMILES string of the molecule is CCC(CC)n1nc(C)cc1C(=O)NC(C)CCCO. The molecule has 1 aromatic rings. The number of amides is 1. The predicted molar refractivity (Wildman–Crippen MR) is 79.8 cm³/mol. The molecule has 114 valence electrons. The molecule has 2 N–H and O–H groups in total. The van der Waals surface area contributed by atoms with Gasteiger partial charge in [-0.2, -0.15) is 5.10 Å². The van der Waals surface area contributed by atoms with Crippen LogP contribution >= 0.6 is 0 Å². The highest BCUT2D eigenvalue weighted by atomic mass is 16.3. The van der Waals surface area contributed by atoms with Crippen molar-refractivity contribution in [1.82, 2.24) is 15.1 Å². The maximum atomic E-state index is 12.4. The lowest BCUT2D eigenvalue weighted by Gasteiger charge is -2.18. The van der Waals surface area contributed by atoms with Gasteiger partial charge in [0.15, 0.2) is 0 Å². The van der Waals surface area contributed by atoms with Crippen LogP contribution in [0.3, 0.4) is 0 Å². The predicted octanol–water partition coefficient (Wildman–Crippen LogP) is 2.44. The van der Waals surface area contributed by atoms with Gasteiger partial charge in [0, 0.05) is 12.6 Å².